The first-order chi connectivity index (χ1) is 15.4. The maximum atomic E-state index is 15.0. The molecule has 1 atom stereocenters. The SMILES string of the molecule is Cc1nc2ccccc2n1Cc1ccc(C(=O)N(C)C2CCN(C3(I)CCC3)C2)c(F)c1. The van der Waals surface area contributed by atoms with E-state index in [9.17, 15) is 4.79 Å². The Morgan fingerprint density at radius 1 is 1.28 bits per heavy atom. The zero-order valence-corrected chi connectivity index (χ0v) is 20.7. The lowest BCUT2D eigenvalue weighted by Gasteiger charge is -2.44. The molecule has 3 aromatic rings. The summed E-state index contributed by atoms with van der Waals surface area (Å²) < 4.78 is 17.4. The monoisotopic (exact) mass is 546 g/mol. The summed E-state index contributed by atoms with van der Waals surface area (Å²) in [5.74, 6) is 0.193. The van der Waals surface area contributed by atoms with E-state index in [2.05, 4.69) is 37.0 Å². The van der Waals surface area contributed by atoms with Crippen LogP contribution in [0.5, 0.6) is 0 Å². The number of aryl methyl sites for hydroxylation is 1. The molecule has 5 rings (SSSR count). The third kappa shape index (κ3) is 3.83. The number of fused-ring (bicyclic) bond motifs is 1. The van der Waals surface area contributed by atoms with Crippen LogP contribution in [-0.4, -0.2) is 55.0 Å². The first kappa shape index (κ1) is 21.8. The minimum Gasteiger partial charge on any atom is -0.337 e. The number of likely N-dealkylation sites (N-methyl/N-ethyl adjacent to an activating group) is 1. The number of hydrogen-bond donors (Lipinski definition) is 0. The number of nitrogens with zero attached hydrogens (tertiary/aromatic N) is 4. The number of amides is 1. The molecular weight excluding hydrogens is 518 g/mol. The molecule has 2 aromatic carbocycles. The van der Waals surface area contributed by atoms with Gasteiger partial charge in [0.25, 0.3) is 5.91 Å². The van der Waals surface area contributed by atoms with Crippen molar-refractivity contribution >= 4 is 39.5 Å². The highest BCUT2D eigenvalue weighted by molar-refractivity contribution is 14.1. The summed E-state index contributed by atoms with van der Waals surface area (Å²) in [5, 5.41) is 0. The second-order valence-corrected chi connectivity index (χ2v) is 11.1. The van der Waals surface area contributed by atoms with Gasteiger partial charge in [0.05, 0.1) is 20.1 Å². The minimum atomic E-state index is -0.458. The van der Waals surface area contributed by atoms with E-state index >= 15 is 4.39 Å². The summed E-state index contributed by atoms with van der Waals surface area (Å²) in [6.45, 7) is 4.35. The quantitative estimate of drug-likeness (QED) is 0.257. The van der Waals surface area contributed by atoms with Crippen molar-refractivity contribution in [3.8, 4) is 0 Å². The molecule has 5 nitrogen and oxygen atoms in total. The highest BCUT2D eigenvalue weighted by atomic mass is 127. The van der Waals surface area contributed by atoms with Crippen molar-refractivity contribution in [3.05, 3.63) is 65.2 Å². The number of rotatable bonds is 5. The van der Waals surface area contributed by atoms with Gasteiger partial charge in [-0.1, -0.05) is 40.8 Å². The number of carbonyl (C=O) groups is 1. The summed E-state index contributed by atoms with van der Waals surface area (Å²) >= 11 is 2.57. The summed E-state index contributed by atoms with van der Waals surface area (Å²) in [5.41, 5.74) is 2.92. The van der Waals surface area contributed by atoms with Gasteiger partial charge in [-0.05, 0) is 62.4 Å². The Labute approximate surface area is 201 Å². The molecule has 168 valence electrons. The van der Waals surface area contributed by atoms with Gasteiger partial charge in [-0.2, -0.15) is 0 Å². The number of likely N-dealkylation sites (tertiary alicyclic amines) is 1. The number of carbonyl (C=O) groups excluding carboxylic acids is 1. The van der Waals surface area contributed by atoms with E-state index in [0.29, 0.717) is 6.54 Å². The molecule has 1 unspecified atom stereocenters. The average Bonchev–Trinajstić information content (AvgIpc) is 3.37. The summed E-state index contributed by atoms with van der Waals surface area (Å²) in [6.07, 6.45) is 4.67. The molecule has 2 aliphatic rings. The molecular formula is C25H28FIN4O. The van der Waals surface area contributed by atoms with E-state index in [1.165, 1.54) is 25.3 Å². The first-order valence-electron chi connectivity index (χ1n) is 11.3. The van der Waals surface area contributed by atoms with Gasteiger partial charge in [0, 0.05) is 32.7 Å². The zero-order chi connectivity index (χ0) is 22.5. The lowest BCUT2D eigenvalue weighted by Crippen LogP contribution is -2.49. The number of para-hydroxylation sites is 2. The molecule has 1 saturated heterocycles. The predicted molar refractivity (Wildman–Crippen MR) is 133 cm³/mol. The highest BCUT2D eigenvalue weighted by Gasteiger charge is 2.44. The van der Waals surface area contributed by atoms with Crippen molar-refractivity contribution < 1.29 is 9.18 Å². The zero-order valence-electron chi connectivity index (χ0n) is 18.5. The van der Waals surface area contributed by atoms with Gasteiger partial charge in [0.1, 0.15) is 11.6 Å². The standard InChI is InChI=1S/C25H28FIN4O/c1-17-28-22-6-3-4-7-23(22)31(17)15-18-8-9-20(21(26)14-18)24(32)29(2)19-10-13-30(16-19)25(27)11-5-12-25/h3-4,6-9,14,19H,5,10-13,15-16H2,1-2H3. The number of alkyl halides is 1. The Morgan fingerprint density at radius 3 is 2.78 bits per heavy atom. The molecule has 0 N–H and O–H groups in total. The number of hydrogen-bond acceptors (Lipinski definition) is 3. The number of halogens is 2. The molecule has 2 fully saturated rings. The minimum absolute atomic E-state index is 0.133. The van der Waals surface area contributed by atoms with E-state index in [0.717, 1.165) is 41.9 Å². The van der Waals surface area contributed by atoms with Gasteiger partial charge in [0.15, 0.2) is 0 Å². The number of benzene rings is 2. The molecule has 0 bridgehead atoms. The lowest BCUT2D eigenvalue weighted by atomic mass is 9.92. The molecule has 1 aromatic heterocycles. The maximum Gasteiger partial charge on any atom is 0.256 e. The summed E-state index contributed by atoms with van der Waals surface area (Å²) in [4.78, 5) is 21.9. The van der Waals surface area contributed by atoms with Crippen LogP contribution >= 0.6 is 22.6 Å². The molecule has 32 heavy (non-hydrogen) atoms. The van der Waals surface area contributed by atoms with Crippen LogP contribution in [0.4, 0.5) is 4.39 Å². The average molecular weight is 546 g/mol. The molecule has 1 amide bonds. The molecule has 1 aliphatic heterocycles. The number of imidazole rings is 1. The fourth-order valence-corrected chi connectivity index (χ4v) is 6.17. The normalized spacial score (nSPS) is 20.4. The fraction of sp³-hybridized carbons (Fsp3) is 0.440. The Kier molecular flexibility index (Phi) is 5.73. The maximum absolute atomic E-state index is 15.0. The topological polar surface area (TPSA) is 41.4 Å². The van der Waals surface area contributed by atoms with Gasteiger partial charge in [0.2, 0.25) is 0 Å². The van der Waals surface area contributed by atoms with E-state index in [1.54, 1.807) is 11.0 Å². The van der Waals surface area contributed by atoms with Crippen molar-refractivity contribution in [3.63, 3.8) is 0 Å². The van der Waals surface area contributed by atoms with Gasteiger partial charge in [-0.25, -0.2) is 9.37 Å². The third-order valence-electron chi connectivity index (χ3n) is 7.17. The van der Waals surface area contributed by atoms with Crippen molar-refractivity contribution in [1.29, 1.82) is 0 Å². The van der Waals surface area contributed by atoms with Crippen LogP contribution in [0.2, 0.25) is 0 Å². The van der Waals surface area contributed by atoms with E-state index in [1.807, 2.05) is 44.3 Å². The van der Waals surface area contributed by atoms with E-state index < -0.39 is 5.82 Å². The molecule has 0 radical (unpaired) electrons. The van der Waals surface area contributed by atoms with Crippen LogP contribution in [0.25, 0.3) is 11.0 Å². The van der Waals surface area contributed by atoms with E-state index in [-0.39, 0.29) is 21.1 Å². The van der Waals surface area contributed by atoms with Crippen LogP contribution in [0.1, 0.15) is 47.4 Å². The second-order valence-electron chi connectivity index (χ2n) is 9.12. The molecule has 7 heteroatoms. The first-order valence-corrected chi connectivity index (χ1v) is 12.3. The molecule has 2 heterocycles. The highest BCUT2D eigenvalue weighted by Crippen LogP contribution is 2.45. The van der Waals surface area contributed by atoms with Crippen LogP contribution in [0.3, 0.4) is 0 Å². The predicted octanol–water partition coefficient (Wildman–Crippen LogP) is 4.99. The third-order valence-corrected chi connectivity index (χ3v) is 8.93. The van der Waals surface area contributed by atoms with Crippen molar-refractivity contribution in [2.45, 2.75) is 48.7 Å². The summed E-state index contributed by atoms with van der Waals surface area (Å²) in [7, 11) is 1.81. The van der Waals surface area contributed by atoms with Crippen LogP contribution < -0.4 is 0 Å². The van der Waals surface area contributed by atoms with Gasteiger partial charge < -0.3 is 9.47 Å². The Bertz CT molecular complexity index is 1170. The molecule has 1 aliphatic carbocycles. The van der Waals surface area contributed by atoms with Crippen molar-refractivity contribution in [2.24, 2.45) is 0 Å². The van der Waals surface area contributed by atoms with Gasteiger partial charge in [-0.15, -0.1) is 0 Å². The molecule has 0 spiro atoms. The molecule has 1 saturated carbocycles. The van der Waals surface area contributed by atoms with Crippen molar-refractivity contribution in [1.82, 2.24) is 19.4 Å². The summed E-state index contributed by atoms with van der Waals surface area (Å²) in [6, 6.07) is 13.1. The van der Waals surface area contributed by atoms with Crippen LogP contribution in [0, 0.1) is 12.7 Å². The van der Waals surface area contributed by atoms with E-state index in [4.69, 9.17) is 0 Å². The smallest absolute Gasteiger partial charge is 0.256 e. The van der Waals surface area contributed by atoms with Crippen LogP contribution in [-0.2, 0) is 6.54 Å². The van der Waals surface area contributed by atoms with Gasteiger partial charge in [-0.3, -0.25) is 9.69 Å². The Hall–Kier alpha value is -2.00. The van der Waals surface area contributed by atoms with Gasteiger partial charge >= 0.3 is 0 Å². The Morgan fingerprint density at radius 2 is 2.06 bits per heavy atom. The largest absolute Gasteiger partial charge is 0.337 e. The van der Waals surface area contributed by atoms with Crippen molar-refractivity contribution in [2.75, 3.05) is 20.1 Å². The second kappa shape index (κ2) is 8.41. The number of aromatic nitrogens is 2. The van der Waals surface area contributed by atoms with Crippen LogP contribution in [0.15, 0.2) is 42.5 Å². The Balaban J connectivity index is 1.30. The lowest BCUT2D eigenvalue weighted by molar-refractivity contribution is 0.0709. The fourth-order valence-electron chi connectivity index (χ4n) is 4.97.